The maximum Gasteiger partial charge on any atom is 0.0901 e. The third-order valence-electron chi connectivity index (χ3n) is 4.50. The fraction of sp³-hybridized carbons (Fsp3) is 0.529. The number of hydrogen-bond acceptors (Lipinski definition) is 4. The van der Waals surface area contributed by atoms with Gasteiger partial charge >= 0.3 is 0 Å². The average molecular weight is 300 g/mol. The van der Waals surface area contributed by atoms with Gasteiger partial charge in [0.2, 0.25) is 0 Å². The van der Waals surface area contributed by atoms with Crippen LogP contribution in [0.1, 0.15) is 35.2 Å². The van der Waals surface area contributed by atoms with Crippen LogP contribution in [-0.4, -0.2) is 27.9 Å². The molecule has 118 valence electrons. The minimum Gasteiger partial charge on any atom is -0.373 e. The van der Waals surface area contributed by atoms with Crippen LogP contribution in [0.15, 0.2) is 24.4 Å². The lowest BCUT2D eigenvalue weighted by Gasteiger charge is -2.19. The standard InChI is InChI=1S/C17H24N4O/c1-12-16(13(2)21(3)20-12)17-14(7-9-22-17)10-18-11-15-6-4-5-8-19-15/h4-6,8,14,17-18H,7,9-11H2,1-3H3/t14-,17+/m1/s1. The van der Waals surface area contributed by atoms with Gasteiger partial charge in [0.05, 0.1) is 17.5 Å². The van der Waals surface area contributed by atoms with Gasteiger partial charge < -0.3 is 10.1 Å². The molecule has 3 rings (SSSR count). The number of nitrogens with one attached hydrogen (secondary N) is 1. The maximum absolute atomic E-state index is 6.02. The summed E-state index contributed by atoms with van der Waals surface area (Å²) in [5.41, 5.74) is 4.64. The van der Waals surface area contributed by atoms with Crippen molar-refractivity contribution in [3.8, 4) is 0 Å². The first-order chi connectivity index (χ1) is 10.7. The fourth-order valence-corrected chi connectivity index (χ4v) is 3.25. The molecule has 0 aliphatic carbocycles. The van der Waals surface area contributed by atoms with E-state index in [1.165, 1.54) is 11.3 Å². The summed E-state index contributed by atoms with van der Waals surface area (Å²) >= 11 is 0. The van der Waals surface area contributed by atoms with Gasteiger partial charge in [-0.2, -0.15) is 5.10 Å². The zero-order valence-corrected chi connectivity index (χ0v) is 13.5. The molecule has 5 nitrogen and oxygen atoms in total. The number of nitrogens with zero attached hydrogens (tertiary/aromatic N) is 3. The molecule has 1 fully saturated rings. The molecule has 2 aromatic rings. The van der Waals surface area contributed by atoms with E-state index in [4.69, 9.17) is 4.74 Å². The summed E-state index contributed by atoms with van der Waals surface area (Å²) in [6.07, 6.45) is 3.08. The second-order valence-corrected chi connectivity index (χ2v) is 6.00. The van der Waals surface area contributed by atoms with E-state index >= 15 is 0 Å². The first-order valence-electron chi connectivity index (χ1n) is 7.89. The molecule has 2 atom stereocenters. The molecule has 5 heteroatoms. The monoisotopic (exact) mass is 300 g/mol. The lowest BCUT2D eigenvalue weighted by atomic mass is 9.94. The van der Waals surface area contributed by atoms with Gasteiger partial charge in [-0.25, -0.2) is 0 Å². The molecule has 1 N–H and O–H groups in total. The Balaban J connectivity index is 1.63. The van der Waals surface area contributed by atoms with E-state index in [-0.39, 0.29) is 6.10 Å². The van der Waals surface area contributed by atoms with Gasteiger partial charge in [0.1, 0.15) is 0 Å². The molecule has 0 amide bonds. The molecule has 3 heterocycles. The summed E-state index contributed by atoms with van der Waals surface area (Å²) in [5.74, 6) is 0.491. The first kappa shape index (κ1) is 15.2. The summed E-state index contributed by atoms with van der Waals surface area (Å²) in [7, 11) is 2.00. The van der Waals surface area contributed by atoms with E-state index in [9.17, 15) is 0 Å². The van der Waals surface area contributed by atoms with Crippen molar-refractivity contribution in [2.24, 2.45) is 13.0 Å². The molecule has 1 aliphatic heterocycles. The van der Waals surface area contributed by atoms with Crippen LogP contribution < -0.4 is 5.32 Å². The highest BCUT2D eigenvalue weighted by molar-refractivity contribution is 5.28. The molecule has 2 aromatic heterocycles. The van der Waals surface area contributed by atoms with Crippen molar-refractivity contribution < 1.29 is 4.74 Å². The van der Waals surface area contributed by atoms with E-state index in [0.29, 0.717) is 5.92 Å². The Kier molecular flexibility index (Phi) is 4.55. The quantitative estimate of drug-likeness (QED) is 0.920. The molecule has 1 aliphatic rings. The van der Waals surface area contributed by atoms with Gasteiger partial charge in [0, 0.05) is 50.1 Å². The minimum atomic E-state index is 0.157. The third kappa shape index (κ3) is 3.05. The number of aromatic nitrogens is 3. The zero-order chi connectivity index (χ0) is 15.5. The number of aryl methyl sites for hydroxylation is 2. The van der Waals surface area contributed by atoms with Crippen LogP contribution in [-0.2, 0) is 18.3 Å². The first-order valence-corrected chi connectivity index (χ1v) is 7.89. The largest absolute Gasteiger partial charge is 0.373 e. The van der Waals surface area contributed by atoms with Crippen molar-refractivity contribution in [1.29, 1.82) is 0 Å². The predicted octanol–water partition coefficient (Wildman–Crippen LogP) is 2.30. The summed E-state index contributed by atoms with van der Waals surface area (Å²) in [6, 6.07) is 6.01. The SMILES string of the molecule is Cc1nn(C)c(C)c1[C@H]1OCC[C@@H]1CNCc1ccccn1. The molecule has 0 aromatic carbocycles. The van der Waals surface area contributed by atoms with Crippen LogP contribution in [0.5, 0.6) is 0 Å². The molecule has 22 heavy (non-hydrogen) atoms. The molecule has 0 unspecified atom stereocenters. The highest BCUT2D eigenvalue weighted by Gasteiger charge is 2.33. The van der Waals surface area contributed by atoms with Crippen LogP contribution in [0.3, 0.4) is 0 Å². The maximum atomic E-state index is 6.02. The van der Waals surface area contributed by atoms with Crippen LogP contribution in [0.2, 0.25) is 0 Å². The third-order valence-corrected chi connectivity index (χ3v) is 4.50. The fourth-order valence-electron chi connectivity index (χ4n) is 3.25. The summed E-state index contributed by atoms with van der Waals surface area (Å²) in [6.45, 7) is 6.76. The summed E-state index contributed by atoms with van der Waals surface area (Å²) in [5, 5.41) is 8.04. The second kappa shape index (κ2) is 6.58. The number of rotatable bonds is 5. The molecule has 0 bridgehead atoms. The second-order valence-electron chi connectivity index (χ2n) is 6.00. The van der Waals surface area contributed by atoms with Crippen molar-refractivity contribution in [1.82, 2.24) is 20.1 Å². The van der Waals surface area contributed by atoms with Crippen molar-refractivity contribution in [2.75, 3.05) is 13.2 Å². The average Bonchev–Trinajstić information content (AvgIpc) is 3.05. The van der Waals surface area contributed by atoms with Crippen LogP contribution >= 0.6 is 0 Å². The van der Waals surface area contributed by atoms with Gasteiger partial charge in [-0.05, 0) is 32.4 Å². The lowest BCUT2D eigenvalue weighted by molar-refractivity contribution is 0.0893. The van der Waals surface area contributed by atoms with Gasteiger partial charge in [-0.15, -0.1) is 0 Å². The smallest absolute Gasteiger partial charge is 0.0901 e. The Morgan fingerprint density at radius 1 is 1.36 bits per heavy atom. The van der Waals surface area contributed by atoms with Crippen LogP contribution in [0.25, 0.3) is 0 Å². The van der Waals surface area contributed by atoms with Crippen molar-refractivity contribution in [2.45, 2.75) is 32.9 Å². The normalized spacial score (nSPS) is 21.4. The molecular formula is C17H24N4O. The van der Waals surface area contributed by atoms with Gasteiger partial charge in [-0.3, -0.25) is 9.67 Å². The molecule has 0 spiro atoms. The van der Waals surface area contributed by atoms with E-state index in [0.717, 1.165) is 37.5 Å². The van der Waals surface area contributed by atoms with Crippen LogP contribution in [0.4, 0.5) is 0 Å². The molecule has 0 saturated carbocycles. The molecule has 0 radical (unpaired) electrons. The Labute approximate surface area is 131 Å². The number of pyridine rings is 1. The predicted molar refractivity (Wildman–Crippen MR) is 85.4 cm³/mol. The van der Waals surface area contributed by atoms with E-state index < -0.39 is 0 Å². The van der Waals surface area contributed by atoms with E-state index in [1.54, 1.807) is 0 Å². The van der Waals surface area contributed by atoms with Crippen molar-refractivity contribution in [3.63, 3.8) is 0 Å². The minimum absolute atomic E-state index is 0.157. The van der Waals surface area contributed by atoms with Crippen LogP contribution in [0, 0.1) is 19.8 Å². The van der Waals surface area contributed by atoms with E-state index in [1.807, 2.05) is 36.1 Å². The Morgan fingerprint density at radius 3 is 2.91 bits per heavy atom. The summed E-state index contributed by atoms with van der Waals surface area (Å²) in [4.78, 5) is 4.34. The zero-order valence-electron chi connectivity index (χ0n) is 13.5. The summed E-state index contributed by atoms with van der Waals surface area (Å²) < 4.78 is 7.97. The molecular weight excluding hydrogens is 276 g/mol. The van der Waals surface area contributed by atoms with Gasteiger partial charge in [0.25, 0.3) is 0 Å². The lowest BCUT2D eigenvalue weighted by Crippen LogP contribution is -2.25. The number of hydrogen-bond donors (Lipinski definition) is 1. The Morgan fingerprint density at radius 2 is 2.23 bits per heavy atom. The molecule has 1 saturated heterocycles. The Bertz CT molecular complexity index is 623. The highest BCUT2D eigenvalue weighted by atomic mass is 16.5. The van der Waals surface area contributed by atoms with Gasteiger partial charge in [-0.1, -0.05) is 6.07 Å². The topological polar surface area (TPSA) is 52.0 Å². The Hall–Kier alpha value is -1.72. The highest BCUT2D eigenvalue weighted by Crippen LogP contribution is 2.37. The number of ether oxygens (including phenoxy) is 1. The van der Waals surface area contributed by atoms with Crippen molar-refractivity contribution >= 4 is 0 Å². The van der Waals surface area contributed by atoms with Gasteiger partial charge in [0.15, 0.2) is 0 Å². The van der Waals surface area contributed by atoms with Crippen molar-refractivity contribution in [3.05, 3.63) is 47.0 Å². The van der Waals surface area contributed by atoms with E-state index in [2.05, 4.69) is 29.2 Å².